The summed E-state index contributed by atoms with van der Waals surface area (Å²) in [5.74, 6) is -0.108. The third-order valence-corrected chi connectivity index (χ3v) is 4.17. The maximum atomic E-state index is 11.1. The molecule has 6 nitrogen and oxygen atoms in total. The first-order valence-electron chi connectivity index (χ1n) is 7.13. The van der Waals surface area contributed by atoms with E-state index >= 15 is 0 Å². The van der Waals surface area contributed by atoms with Crippen molar-refractivity contribution in [2.75, 3.05) is 5.32 Å². The number of nitro benzene ring substituents is 1. The van der Waals surface area contributed by atoms with Crippen molar-refractivity contribution in [2.45, 2.75) is 6.42 Å². The minimum Gasteiger partial charge on any atom is -1.00 e. The number of nitro groups is 1. The Kier molecular flexibility index (Phi) is 9.87. The third kappa shape index (κ3) is 6.82. The molecule has 0 heterocycles. The van der Waals surface area contributed by atoms with E-state index in [4.69, 9.17) is 40.7 Å². The number of nitrogens with one attached hydrogen (secondary N) is 1. The van der Waals surface area contributed by atoms with E-state index in [9.17, 15) is 15.2 Å². The Morgan fingerprint density at radius 3 is 2.67 bits per heavy atom. The van der Waals surface area contributed by atoms with E-state index in [0.29, 0.717) is 16.1 Å². The van der Waals surface area contributed by atoms with Gasteiger partial charge in [0.1, 0.15) is 10.7 Å². The van der Waals surface area contributed by atoms with Crippen molar-refractivity contribution in [3.8, 4) is 6.07 Å². The normalized spacial score (nSPS) is 10.5. The first kappa shape index (κ1) is 24.0. The van der Waals surface area contributed by atoms with Crippen molar-refractivity contribution < 1.29 is 62.8 Å². The van der Waals surface area contributed by atoms with Gasteiger partial charge in [-0.15, -0.1) is 0 Å². The molecule has 0 amide bonds. The van der Waals surface area contributed by atoms with E-state index in [1.807, 2.05) is 6.07 Å². The number of aliphatic hydroxyl groups is 1. The van der Waals surface area contributed by atoms with E-state index in [1.165, 1.54) is 30.3 Å². The van der Waals surface area contributed by atoms with Crippen LogP contribution in [0.5, 0.6) is 0 Å². The summed E-state index contributed by atoms with van der Waals surface area (Å²) in [5.41, 5.74) is 0.823. The number of para-hydroxylation sites is 1. The van der Waals surface area contributed by atoms with E-state index in [2.05, 4.69) is 5.32 Å². The summed E-state index contributed by atoms with van der Waals surface area (Å²) in [7, 11) is 0. The average Bonchev–Trinajstić information content (AvgIpc) is 2.58. The van der Waals surface area contributed by atoms with Crippen LogP contribution in [0.25, 0.3) is 0 Å². The largest absolute Gasteiger partial charge is 1.00 e. The van der Waals surface area contributed by atoms with E-state index in [-0.39, 0.29) is 86.4 Å². The van der Waals surface area contributed by atoms with Crippen LogP contribution in [0.4, 0.5) is 11.4 Å². The van der Waals surface area contributed by atoms with Crippen LogP contribution >= 0.6 is 35.4 Å². The second kappa shape index (κ2) is 11.1. The van der Waals surface area contributed by atoms with Gasteiger partial charge in [0.15, 0.2) is 0 Å². The van der Waals surface area contributed by atoms with Crippen LogP contribution in [0.1, 0.15) is 12.6 Å². The molecular formula is C17H12Cl2KN3O3S. The van der Waals surface area contributed by atoms with Gasteiger partial charge < -0.3 is 11.8 Å². The van der Waals surface area contributed by atoms with Crippen molar-refractivity contribution in [3.63, 3.8) is 0 Å². The van der Waals surface area contributed by atoms with E-state index < -0.39 is 4.92 Å². The van der Waals surface area contributed by atoms with Crippen LogP contribution in [0.3, 0.4) is 0 Å². The van der Waals surface area contributed by atoms with Crippen molar-refractivity contribution in [1.82, 2.24) is 0 Å². The van der Waals surface area contributed by atoms with Crippen LogP contribution < -0.4 is 56.7 Å². The minimum atomic E-state index is -0.586. The Morgan fingerprint density at radius 1 is 1.37 bits per heavy atom. The fraction of sp³-hybridized carbons (Fsp3) is 0.0588. The first-order chi connectivity index (χ1) is 12.3. The number of anilines is 1. The Morgan fingerprint density at radius 2 is 2.07 bits per heavy atom. The van der Waals surface area contributed by atoms with Gasteiger partial charge in [-0.2, -0.15) is 5.26 Å². The smallest absolute Gasteiger partial charge is 1.00 e. The zero-order valence-corrected chi connectivity index (χ0v) is 19.5. The zero-order chi connectivity index (χ0) is 19.3. The molecule has 0 aliphatic rings. The fourth-order valence-corrected chi connectivity index (χ4v) is 2.81. The first-order valence-corrected chi connectivity index (χ1v) is 8.30. The topological polar surface area (TPSA) is 99.2 Å². The quantitative estimate of drug-likeness (QED) is 0.182. The molecule has 0 bridgehead atoms. The van der Waals surface area contributed by atoms with Crippen LogP contribution in [0.15, 0.2) is 48.2 Å². The molecule has 134 valence electrons. The molecule has 0 aromatic heterocycles. The number of nitrogens with zero attached hydrogens (tertiary/aromatic N) is 2. The van der Waals surface area contributed by atoms with Gasteiger partial charge in [-0.05, 0) is 23.8 Å². The van der Waals surface area contributed by atoms with Crippen LogP contribution in [0.2, 0.25) is 10.0 Å². The van der Waals surface area contributed by atoms with Gasteiger partial charge in [-0.1, -0.05) is 47.6 Å². The number of thiocarbonyl (C=S) groups is 1. The molecule has 2 aromatic rings. The predicted octanol–water partition coefficient (Wildman–Crippen LogP) is 2.31. The molecular weight excluding hydrogens is 436 g/mol. The molecule has 0 saturated heterocycles. The molecule has 0 aliphatic heterocycles. The molecule has 2 aromatic carbocycles. The maximum absolute atomic E-state index is 11.1. The van der Waals surface area contributed by atoms with E-state index in [0.717, 1.165) is 0 Å². The van der Waals surface area contributed by atoms with Crippen LogP contribution in [0, 0.1) is 21.4 Å². The standard InChI is InChI=1S/C17H11Cl2N3O3S.K.H/c18-13-2-1-3-15(22(24)25)17(13)21-16(26)8-12(23)7-11-5-4-10(9-20)6-14(11)19;;/h1-6,8,23H,7H2,(H,21,26);;/q;+1;-1. The van der Waals surface area contributed by atoms with Crippen LogP contribution in [-0.4, -0.2) is 15.0 Å². The molecule has 0 unspecified atom stereocenters. The predicted molar refractivity (Wildman–Crippen MR) is 106 cm³/mol. The van der Waals surface area contributed by atoms with Crippen molar-refractivity contribution in [1.29, 1.82) is 5.26 Å². The molecule has 0 aliphatic carbocycles. The summed E-state index contributed by atoms with van der Waals surface area (Å²) in [6, 6.07) is 10.9. The zero-order valence-electron chi connectivity index (χ0n) is 15.1. The Balaban J connectivity index is 0.00000364. The molecule has 0 atom stereocenters. The molecule has 10 heteroatoms. The molecule has 0 saturated carbocycles. The third-order valence-electron chi connectivity index (χ3n) is 3.29. The molecule has 2 N–H and O–H groups in total. The maximum Gasteiger partial charge on any atom is 1.00 e. The second-order valence-corrected chi connectivity index (χ2v) is 6.36. The summed E-state index contributed by atoms with van der Waals surface area (Å²) in [6.45, 7) is 0. The molecule has 0 fully saturated rings. The number of hydrogen-bond acceptors (Lipinski definition) is 5. The monoisotopic (exact) mass is 447 g/mol. The molecule has 27 heavy (non-hydrogen) atoms. The van der Waals surface area contributed by atoms with Gasteiger partial charge in [0.05, 0.1) is 27.3 Å². The number of nitriles is 1. The number of benzene rings is 2. The van der Waals surface area contributed by atoms with E-state index in [1.54, 1.807) is 12.1 Å². The van der Waals surface area contributed by atoms with Gasteiger partial charge in [0.25, 0.3) is 5.69 Å². The summed E-state index contributed by atoms with van der Waals surface area (Å²) in [5, 5.41) is 33.1. The molecule has 0 radical (unpaired) electrons. The molecule has 0 spiro atoms. The summed E-state index contributed by atoms with van der Waals surface area (Å²) in [6.07, 6.45) is 1.33. The number of hydrogen-bond donors (Lipinski definition) is 2. The van der Waals surface area contributed by atoms with Gasteiger partial charge in [-0.3, -0.25) is 10.1 Å². The Labute approximate surface area is 214 Å². The van der Waals surface area contributed by atoms with Gasteiger partial charge in [0.2, 0.25) is 0 Å². The average molecular weight is 448 g/mol. The number of halogens is 2. The van der Waals surface area contributed by atoms with Crippen molar-refractivity contribution in [2.24, 2.45) is 0 Å². The van der Waals surface area contributed by atoms with Crippen molar-refractivity contribution >= 4 is 51.8 Å². The van der Waals surface area contributed by atoms with Gasteiger partial charge >= 0.3 is 51.4 Å². The van der Waals surface area contributed by atoms with Gasteiger partial charge in [0, 0.05) is 23.6 Å². The van der Waals surface area contributed by atoms with Crippen molar-refractivity contribution in [3.05, 3.63) is 79.5 Å². The Hall–Kier alpha value is -1.02. The Bertz CT molecular complexity index is 967. The summed E-state index contributed by atoms with van der Waals surface area (Å²) >= 11 is 17.1. The summed E-state index contributed by atoms with van der Waals surface area (Å²) < 4.78 is 0. The number of rotatable bonds is 5. The minimum absolute atomic E-state index is 0. The number of allylic oxidation sites excluding steroid dienone is 1. The van der Waals surface area contributed by atoms with Crippen LogP contribution in [-0.2, 0) is 6.42 Å². The van der Waals surface area contributed by atoms with Gasteiger partial charge in [-0.25, -0.2) is 0 Å². The number of aliphatic hydroxyl groups excluding tert-OH is 1. The summed E-state index contributed by atoms with van der Waals surface area (Å²) in [4.78, 5) is 10.5. The second-order valence-electron chi connectivity index (χ2n) is 5.11. The fourth-order valence-electron chi connectivity index (χ4n) is 2.11. The SMILES string of the molecule is N#Cc1ccc(CC(O)=CC(=S)Nc2c(Cl)cccc2[N+](=O)[O-])c(Cl)c1.[H-].[K+]. The molecule has 2 rings (SSSR count).